The molecular formula is C32H26O10. The van der Waals surface area contributed by atoms with E-state index in [1.807, 2.05) is 0 Å². The molecule has 3 aromatic carbocycles. The van der Waals surface area contributed by atoms with Crippen LogP contribution >= 0.6 is 0 Å². The molecule has 0 unspecified atom stereocenters. The zero-order valence-electron chi connectivity index (χ0n) is 23.4. The highest BCUT2D eigenvalue weighted by Gasteiger charge is 2.45. The van der Waals surface area contributed by atoms with Gasteiger partial charge in [-0.3, -0.25) is 19.2 Å². The van der Waals surface area contributed by atoms with Crippen LogP contribution in [0.15, 0.2) is 35.4 Å². The molecule has 0 saturated carbocycles. The van der Waals surface area contributed by atoms with E-state index in [1.165, 1.54) is 26.4 Å². The number of phenolic OH excluding ortho intramolecular Hbond substituents is 3. The lowest BCUT2D eigenvalue weighted by molar-refractivity contribution is 0.0148. The monoisotopic (exact) mass is 570 g/mol. The summed E-state index contributed by atoms with van der Waals surface area (Å²) in [6.45, 7) is 5.07. The molecule has 3 aromatic rings. The molecule has 0 spiro atoms. The third kappa shape index (κ3) is 3.54. The van der Waals surface area contributed by atoms with Crippen molar-refractivity contribution in [2.24, 2.45) is 0 Å². The van der Waals surface area contributed by atoms with Crippen LogP contribution in [0.4, 0.5) is 0 Å². The Kier molecular flexibility index (Phi) is 6.02. The van der Waals surface area contributed by atoms with Crippen LogP contribution in [0.2, 0.25) is 0 Å². The molecule has 0 fully saturated rings. The highest BCUT2D eigenvalue weighted by atomic mass is 16.5. The third-order valence-electron chi connectivity index (χ3n) is 8.05. The molecule has 1 heterocycles. The third-order valence-corrected chi connectivity index (χ3v) is 8.05. The van der Waals surface area contributed by atoms with Crippen LogP contribution < -0.4 is 9.47 Å². The number of ketones is 4. The van der Waals surface area contributed by atoms with Gasteiger partial charge in [0.15, 0.2) is 17.3 Å². The number of aryl methyl sites for hydroxylation is 1. The summed E-state index contributed by atoms with van der Waals surface area (Å²) in [6, 6.07) is 5.05. The second-order valence-electron chi connectivity index (χ2n) is 10.7. The molecule has 2 aliphatic carbocycles. The lowest BCUT2D eigenvalue weighted by Gasteiger charge is -2.34. The number of ether oxygens (including phenoxy) is 3. The van der Waals surface area contributed by atoms with Crippen LogP contribution in [0.25, 0.3) is 11.1 Å². The van der Waals surface area contributed by atoms with Gasteiger partial charge in [0, 0.05) is 57.5 Å². The number of carbonyl (C=O) groups excluding carboxylic acids is 4. The Bertz CT molecular complexity index is 1840. The lowest BCUT2D eigenvalue weighted by Crippen LogP contribution is -2.36. The summed E-state index contributed by atoms with van der Waals surface area (Å²) in [4.78, 5) is 56.0. The van der Waals surface area contributed by atoms with E-state index in [4.69, 9.17) is 14.2 Å². The van der Waals surface area contributed by atoms with Crippen molar-refractivity contribution < 1.29 is 48.7 Å². The van der Waals surface area contributed by atoms with Crippen molar-refractivity contribution in [3.63, 3.8) is 0 Å². The fourth-order valence-electron chi connectivity index (χ4n) is 6.40. The predicted molar refractivity (Wildman–Crippen MR) is 148 cm³/mol. The van der Waals surface area contributed by atoms with Gasteiger partial charge in [-0.2, -0.15) is 0 Å². The summed E-state index contributed by atoms with van der Waals surface area (Å²) in [5.41, 5.74) is -0.877. The smallest absolute Gasteiger partial charge is 0.201 e. The second kappa shape index (κ2) is 9.28. The maximum absolute atomic E-state index is 14.3. The highest BCUT2D eigenvalue weighted by molar-refractivity contribution is 6.35. The lowest BCUT2D eigenvalue weighted by atomic mass is 9.73. The molecule has 214 valence electrons. The number of aromatic hydroxyl groups is 3. The number of rotatable bonds is 3. The van der Waals surface area contributed by atoms with Gasteiger partial charge in [-0.15, -0.1) is 0 Å². The van der Waals surface area contributed by atoms with Gasteiger partial charge in [0.25, 0.3) is 0 Å². The first-order valence-electron chi connectivity index (χ1n) is 13.2. The zero-order valence-corrected chi connectivity index (χ0v) is 23.4. The normalized spacial score (nSPS) is 19.3. The fraction of sp³-hybridized carbons (Fsp3) is 0.250. The van der Waals surface area contributed by atoms with Crippen molar-refractivity contribution in [1.82, 2.24) is 0 Å². The highest BCUT2D eigenvalue weighted by Crippen LogP contribution is 2.53. The molecule has 6 rings (SSSR count). The number of carbonyl (C=O) groups is 4. The SMILES string of the molecule is COc1cc(O)c2c(c1-c1c(OC)cc(O)c3c1C(=O)c1cc(C)cc(O)c1C3=O)C(=O)C1=C(C2=O)[C@H](C)O[C@@H](C)C1. The summed E-state index contributed by atoms with van der Waals surface area (Å²) in [5, 5.41) is 32.6. The fourth-order valence-corrected chi connectivity index (χ4v) is 6.40. The predicted octanol–water partition coefficient (Wildman–Crippen LogP) is 4.44. The molecule has 2 atom stereocenters. The maximum Gasteiger partial charge on any atom is 0.201 e. The molecular weight excluding hydrogens is 544 g/mol. The average Bonchev–Trinajstić information content (AvgIpc) is 2.92. The molecule has 3 N–H and O–H groups in total. The number of hydrogen-bond donors (Lipinski definition) is 3. The summed E-state index contributed by atoms with van der Waals surface area (Å²) in [7, 11) is 2.56. The van der Waals surface area contributed by atoms with Gasteiger partial charge >= 0.3 is 0 Å². The molecule has 10 heteroatoms. The summed E-state index contributed by atoms with van der Waals surface area (Å²) in [6.07, 6.45) is -0.946. The Morgan fingerprint density at radius 1 is 0.667 bits per heavy atom. The number of Topliss-reactive ketones (excluding diaryl/α,β-unsaturated/α-hetero) is 2. The molecule has 0 bridgehead atoms. The van der Waals surface area contributed by atoms with Crippen molar-refractivity contribution in [3.8, 4) is 39.9 Å². The molecule has 3 aliphatic rings. The standard InChI is InChI=1S/C32H26O10/c1-11-6-14-22(16(33)7-11)32(39)24-18(35)10-20(41-5)26(28(24)29(14)36)25-19(40-4)9-17(34)23-27(25)30(37)15-8-12(2)42-13(3)21(15)31(23)38/h6-7,9-10,12-13,33-35H,8H2,1-5H3/t12-,13-/m0/s1. The van der Waals surface area contributed by atoms with E-state index in [0.717, 1.165) is 12.1 Å². The van der Waals surface area contributed by atoms with E-state index in [-0.39, 0.29) is 74.1 Å². The number of phenols is 3. The second-order valence-corrected chi connectivity index (χ2v) is 10.7. The number of methoxy groups -OCH3 is 2. The van der Waals surface area contributed by atoms with Crippen molar-refractivity contribution in [3.05, 3.63) is 74.4 Å². The molecule has 1 aliphatic heterocycles. The van der Waals surface area contributed by atoms with E-state index < -0.39 is 52.0 Å². The van der Waals surface area contributed by atoms with Gasteiger partial charge in [-0.1, -0.05) is 0 Å². The first-order valence-corrected chi connectivity index (χ1v) is 13.2. The van der Waals surface area contributed by atoms with E-state index in [9.17, 15) is 34.5 Å². The Hall–Kier alpha value is -4.96. The van der Waals surface area contributed by atoms with Gasteiger partial charge in [0.1, 0.15) is 28.7 Å². The first-order chi connectivity index (χ1) is 19.9. The summed E-state index contributed by atoms with van der Waals surface area (Å²) < 4.78 is 17.0. The van der Waals surface area contributed by atoms with Crippen LogP contribution in [0.1, 0.15) is 78.4 Å². The van der Waals surface area contributed by atoms with Gasteiger partial charge in [0.2, 0.25) is 5.78 Å². The number of benzene rings is 3. The Morgan fingerprint density at radius 3 is 1.76 bits per heavy atom. The van der Waals surface area contributed by atoms with Crippen LogP contribution in [0.5, 0.6) is 28.7 Å². The maximum atomic E-state index is 14.3. The first kappa shape index (κ1) is 27.2. The topological polar surface area (TPSA) is 157 Å². The number of fused-ring (bicyclic) bond motifs is 3. The van der Waals surface area contributed by atoms with Gasteiger partial charge in [-0.25, -0.2) is 0 Å². The van der Waals surface area contributed by atoms with E-state index in [1.54, 1.807) is 20.8 Å². The largest absolute Gasteiger partial charge is 0.507 e. The Balaban J connectivity index is 1.75. The quantitative estimate of drug-likeness (QED) is 0.322. The molecule has 0 aromatic heterocycles. The van der Waals surface area contributed by atoms with Crippen LogP contribution in [-0.2, 0) is 4.74 Å². The van der Waals surface area contributed by atoms with E-state index >= 15 is 0 Å². The Labute approximate surface area is 239 Å². The van der Waals surface area contributed by atoms with Crippen molar-refractivity contribution in [2.45, 2.75) is 39.4 Å². The molecule has 0 saturated heterocycles. The average molecular weight is 571 g/mol. The van der Waals surface area contributed by atoms with Gasteiger partial charge in [0.05, 0.1) is 43.1 Å². The van der Waals surface area contributed by atoms with Crippen LogP contribution in [0, 0.1) is 6.92 Å². The summed E-state index contributed by atoms with van der Waals surface area (Å²) >= 11 is 0. The summed E-state index contributed by atoms with van der Waals surface area (Å²) in [5.74, 6) is -4.41. The minimum absolute atomic E-state index is 0.0587. The molecule has 0 radical (unpaired) electrons. The van der Waals surface area contributed by atoms with E-state index in [0.29, 0.717) is 5.56 Å². The van der Waals surface area contributed by atoms with Crippen molar-refractivity contribution in [2.75, 3.05) is 14.2 Å². The minimum Gasteiger partial charge on any atom is -0.507 e. The Morgan fingerprint density at radius 2 is 1.19 bits per heavy atom. The minimum atomic E-state index is -0.815. The number of hydrogen-bond acceptors (Lipinski definition) is 10. The van der Waals surface area contributed by atoms with Gasteiger partial charge in [-0.05, 0) is 38.5 Å². The van der Waals surface area contributed by atoms with Crippen LogP contribution in [0.3, 0.4) is 0 Å². The molecule has 42 heavy (non-hydrogen) atoms. The van der Waals surface area contributed by atoms with Crippen LogP contribution in [-0.4, -0.2) is 64.9 Å². The van der Waals surface area contributed by atoms with Crippen molar-refractivity contribution in [1.29, 1.82) is 0 Å². The van der Waals surface area contributed by atoms with Crippen molar-refractivity contribution >= 4 is 23.1 Å². The molecule has 10 nitrogen and oxygen atoms in total. The molecule has 0 amide bonds. The van der Waals surface area contributed by atoms with Gasteiger partial charge < -0.3 is 29.5 Å². The van der Waals surface area contributed by atoms with E-state index in [2.05, 4.69) is 0 Å². The zero-order chi connectivity index (χ0) is 30.4.